The maximum Gasteiger partial charge on any atom is 0.237 e. The van der Waals surface area contributed by atoms with E-state index in [2.05, 4.69) is 10.3 Å². The molecule has 1 aliphatic rings. The number of methoxy groups -OCH3 is 1. The quantitative estimate of drug-likeness (QED) is 0.723. The minimum absolute atomic E-state index is 0.0820. The average Bonchev–Trinajstić information content (AvgIpc) is 2.76. The normalized spacial score (nSPS) is 17.0. The summed E-state index contributed by atoms with van der Waals surface area (Å²) in [5.41, 5.74) is 1.79. The highest BCUT2D eigenvalue weighted by Gasteiger charge is 2.31. The molecule has 1 unspecified atom stereocenters. The van der Waals surface area contributed by atoms with Gasteiger partial charge in [-0.3, -0.25) is 19.5 Å². The number of hydrogen-bond donors (Lipinski definition) is 1. The summed E-state index contributed by atoms with van der Waals surface area (Å²) in [6, 6.07) is 12.9. The van der Waals surface area contributed by atoms with Gasteiger partial charge in [-0.05, 0) is 18.2 Å². The lowest BCUT2D eigenvalue weighted by Gasteiger charge is -2.34. The van der Waals surface area contributed by atoms with Crippen molar-refractivity contribution >= 4 is 17.9 Å². The molecule has 1 aliphatic heterocycles. The number of para-hydroxylation sites is 1. The Morgan fingerprint density at radius 1 is 1.30 bits per heavy atom. The van der Waals surface area contributed by atoms with Crippen molar-refractivity contribution in [3.63, 3.8) is 0 Å². The Labute approximate surface area is 177 Å². The second kappa shape index (κ2) is 10.5. The Bertz CT molecular complexity index is 885. The molecule has 1 N–H and O–H groups in total. The van der Waals surface area contributed by atoms with Crippen LogP contribution in [0.5, 0.6) is 5.75 Å². The largest absolute Gasteiger partial charge is 0.496 e. The number of amides is 2. The molecule has 158 valence electrons. The van der Waals surface area contributed by atoms with E-state index in [1.54, 1.807) is 25.3 Å². The van der Waals surface area contributed by atoms with E-state index in [1.807, 2.05) is 59.5 Å². The predicted molar refractivity (Wildman–Crippen MR) is 116 cm³/mol. The Kier molecular flexibility index (Phi) is 7.57. The first-order chi connectivity index (χ1) is 14.6. The summed E-state index contributed by atoms with van der Waals surface area (Å²) in [6.07, 6.45) is 5.83. The summed E-state index contributed by atoms with van der Waals surface area (Å²) >= 11 is 0. The number of rotatable bonds is 8. The van der Waals surface area contributed by atoms with Gasteiger partial charge in [0.05, 0.1) is 31.8 Å². The fourth-order valence-corrected chi connectivity index (χ4v) is 3.47. The molecule has 7 nitrogen and oxygen atoms in total. The number of ether oxygens (including phenoxy) is 1. The number of nitrogens with one attached hydrogen (secondary N) is 1. The zero-order valence-corrected chi connectivity index (χ0v) is 17.5. The molecular formula is C23H28N4O3. The van der Waals surface area contributed by atoms with Gasteiger partial charge < -0.3 is 15.0 Å². The number of hydrogen-bond acceptors (Lipinski definition) is 5. The van der Waals surface area contributed by atoms with E-state index in [9.17, 15) is 9.59 Å². The van der Waals surface area contributed by atoms with Crippen molar-refractivity contribution in [2.45, 2.75) is 19.0 Å². The number of carbonyl (C=O) groups excluding carboxylic acids is 2. The van der Waals surface area contributed by atoms with Gasteiger partial charge in [-0.1, -0.05) is 36.4 Å². The maximum atomic E-state index is 12.7. The molecule has 7 heteroatoms. The van der Waals surface area contributed by atoms with Crippen LogP contribution in [0.3, 0.4) is 0 Å². The number of pyridine rings is 1. The number of aromatic nitrogens is 1. The first-order valence-corrected chi connectivity index (χ1v) is 10.0. The molecule has 2 amide bonds. The SMILES string of the molecule is COc1ccccc1C=CCN1CCNC(=O)C1CC(=O)N(C)Cc1ccccn1. The standard InChI is InChI=1S/C23H28N4O3/c1-26(17-19-10-5-6-12-24-19)22(28)16-20-23(29)25-13-15-27(20)14-7-9-18-8-3-4-11-21(18)30-2/h3-12,20H,13-17H2,1-2H3,(H,25,29). The number of nitrogens with zero attached hydrogens (tertiary/aromatic N) is 3. The molecule has 0 spiro atoms. The molecule has 1 atom stereocenters. The lowest BCUT2D eigenvalue weighted by atomic mass is 10.1. The van der Waals surface area contributed by atoms with Gasteiger partial charge in [0.15, 0.2) is 0 Å². The second-order valence-corrected chi connectivity index (χ2v) is 7.22. The first-order valence-electron chi connectivity index (χ1n) is 10.0. The monoisotopic (exact) mass is 408 g/mol. The highest BCUT2D eigenvalue weighted by Crippen LogP contribution is 2.19. The third kappa shape index (κ3) is 5.67. The lowest BCUT2D eigenvalue weighted by molar-refractivity contribution is -0.138. The molecule has 1 aromatic heterocycles. The van der Waals surface area contributed by atoms with E-state index in [1.165, 1.54) is 0 Å². The Balaban J connectivity index is 1.62. The molecule has 1 saturated heterocycles. The molecule has 0 radical (unpaired) electrons. The summed E-state index contributed by atoms with van der Waals surface area (Å²) in [6.45, 7) is 2.27. The summed E-state index contributed by atoms with van der Waals surface area (Å²) in [5.74, 6) is 0.612. The van der Waals surface area contributed by atoms with E-state index < -0.39 is 6.04 Å². The zero-order valence-electron chi connectivity index (χ0n) is 17.5. The molecule has 30 heavy (non-hydrogen) atoms. The third-order valence-electron chi connectivity index (χ3n) is 5.14. The Morgan fingerprint density at radius 3 is 2.87 bits per heavy atom. The van der Waals surface area contributed by atoms with Crippen LogP contribution in [0.4, 0.5) is 0 Å². The smallest absolute Gasteiger partial charge is 0.237 e. The topological polar surface area (TPSA) is 74.8 Å². The van der Waals surface area contributed by atoms with Gasteiger partial charge in [0, 0.05) is 38.4 Å². The fraction of sp³-hybridized carbons (Fsp3) is 0.348. The van der Waals surface area contributed by atoms with Gasteiger partial charge in [0.2, 0.25) is 11.8 Å². The van der Waals surface area contributed by atoms with Crippen molar-refractivity contribution in [2.75, 3.05) is 33.8 Å². The molecule has 1 fully saturated rings. The van der Waals surface area contributed by atoms with Crippen LogP contribution in [0.1, 0.15) is 17.7 Å². The van der Waals surface area contributed by atoms with Crippen molar-refractivity contribution in [1.82, 2.24) is 20.1 Å². The summed E-state index contributed by atoms with van der Waals surface area (Å²) in [4.78, 5) is 33.1. The zero-order chi connectivity index (χ0) is 21.3. The van der Waals surface area contributed by atoms with Crippen LogP contribution < -0.4 is 10.1 Å². The van der Waals surface area contributed by atoms with Crippen LogP contribution in [0.15, 0.2) is 54.7 Å². The lowest BCUT2D eigenvalue weighted by Crippen LogP contribution is -2.56. The fourth-order valence-electron chi connectivity index (χ4n) is 3.47. The van der Waals surface area contributed by atoms with Gasteiger partial charge in [0.25, 0.3) is 0 Å². The highest BCUT2D eigenvalue weighted by molar-refractivity contribution is 5.88. The maximum absolute atomic E-state index is 12.7. The van der Waals surface area contributed by atoms with Gasteiger partial charge in [-0.25, -0.2) is 0 Å². The van der Waals surface area contributed by atoms with E-state index in [-0.39, 0.29) is 18.2 Å². The third-order valence-corrected chi connectivity index (χ3v) is 5.14. The molecule has 0 saturated carbocycles. The van der Waals surface area contributed by atoms with Crippen LogP contribution in [0.2, 0.25) is 0 Å². The molecule has 0 bridgehead atoms. The van der Waals surface area contributed by atoms with E-state index in [0.29, 0.717) is 26.2 Å². The van der Waals surface area contributed by atoms with Crippen LogP contribution in [0.25, 0.3) is 6.08 Å². The van der Waals surface area contributed by atoms with Crippen molar-refractivity contribution in [1.29, 1.82) is 0 Å². The highest BCUT2D eigenvalue weighted by atomic mass is 16.5. The number of carbonyl (C=O) groups is 2. The van der Waals surface area contributed by atoms with Crippen molar-refractivity contribution in [2.24, 2.45) is 0 Å². The average molecular weight is 409 g/mol. The van der Waals surface area contributed by atoms with E-state index in [4.69, 9.17) is 4.74 Å². The Hall–Kier alpha value is -3.19. The molecule has 3 rings (SSSR count). The number of piperazine rings is 1. The summed E-state index contributed by atoms with van der Waals surface area (Å²) < 4.78 is 5.37. The molecular weight excluding hydrogens is 380 g/mol. The van der Waals surface area contributed by atoms with Crippen LogP contribution in [-0.4, -0.2) is 66.4 Å². The minimum atomic E-state index is -0.486. The van der Waals surface area contributed by atoms with Crippen molar-refractivity contribution in [3.8, 4) is 5.75 Å². The van der Waals surface area contributed by atoms with Gasteiger partial charge >= 0.3 is 0 Å². The summed E-state index contributed by atoms with van der Waals surface area (Å²) in [7, 11) is 3.38. The Morgan fingerprint density at radius 2 is 2.10 bits per heavy atom. The predicted octanol–water partition coefficient (Wildman–Crippen LogP) is 1.95. The van der Waals surface area contributed by atoms with Gasteiger partial charge in [-0.15, -0.1) is 0 Å². The molecule has 0 aliphatic carbocycles. The first kappa shape index (κ1) is 21.5. The van der Waals surface area contributed by atoms with Crippen LogP contribution in [-0.2, 0) is 16.1 Å². The van der Waals surface area contributed by atoms with Crippen LogP contribution >= 0.6 is 0 Å². The molecule has 2 aromatic rings. The van der Waals surface area contributed by atoms with E-state index >= 15 is 0 Å². The van der Waals surface area contributed by atoms with Gasteiger partial charge in [0.1, 0.15) is 5.75 Å². The molecule has 2 heterocycles. The molecule has 1 aromatic carbocycles. The van der Waals surface area contributed by atoms with Crippen molar-refractivity contribution < 1.29 is 14.3 Å². The minimum Gasteiger partial charge on any atom is -0.496 e. The second-order valence-electron chi connectivity index (χ2n) is 7.22. The van der Waals surface area contributed by atoms with Crippen molar-refractivity contribution in [3.05, 3.63) is 66.0 Å². The van der Waals surface area contributed by atoms with E-state index in [0.717, 1.165) is 17.0 Å². The van der Waals surface area contributed by atoms with Gasteiger partial charge in [-0.2, -0.15) is 0 Å². The van der Waals surface area contributed by atoms with Crippen LogP contribution in [0, 0.1) is 0 Å². The number of benzene rings is 1. The summed E-state index contributed by atoms with van der Waals surface area (Å²) in [5, 5.41) is 2.87.